The van der Waals surface area contributed by atoms with Crippen LogP contribution in [0.1, 0.15) is 28.4 Å². The molecule has 0 unspecified atom stereocenters. The largest absolute Gasteiger partial charge is 0.344 e. The lowest BCUT2D eigenvalue weighted by atomic mass is 10.1. The van der Waals surface area contributed by atoms with Gasteiger partial charge in [-0.05, 0) is 54.8 Å². The van der Waals surface area contributed by atoms with Crippen molar-refractivity contribution in [3.63, 3.8) is 0 Å². The average molecular weight is 253 g/mol. The minimum absolute atomic E-state index is 0.719. The molecule has 2 nitrogen and oxygen atoms in total. The second kappa shape index (κ2) is 5.70. The summed E-state index contributed by atoms with van der Waals surface area (Å²) in [5, 5.41) is 0. The summed E-state index contributed by atoms with van der Waals surface area (Å²) in [5.74, 6) is 0. The predicted octanol–water partition coefficient (Wildman–Crippen LogP) is 4.14. The molecule has 98 valence electrons. The summed E-state index contributed by atoms with van der Waals surface area (Å²) in [4.78, 5) is 12.9. The zero-order valence-corrected chi connectivity index (χ0v) is 11.7. The highest BCUT2D eigenvalue weighted by atomic mass is 16.1. The molecule has 0 aliphatic heterocycles. The standard InChI is InChI=1S/C17H19NO/c1-4-14-5-8-16(9-6-14)18(3)17-10-7-15(12-19)11-13(17)2/h5-12H,4H2,1-3H3. The quantitative estimate of drug-likeness (QED) is 0.763. The number of aryl methyl sites for hydroxylation is 2. The maximum absolute atomic E-state index is 10.8. The van der Waals surface area contributed by atoms with Crippen molar-refractivity contribution in [3.8, 4) is 0 Å². The Morgan fingerprint density at radius 1 is 1.11 bits per heavy atom. The summed E-state index contributed by atoms with van der Waals surface area (Å²) in [7, 11) is 2.05. The van der Waals surface area contributed by atoms with E-state index in [9.17, 15) is 4.79 Å². The number of carbonyl (C=O) groups is 1. The second-order valence-corrected chi connectivity index (χ2v) is 4.74. The average Bonchev–Trinajstić information content (AvgIpc) is 2.46. The number of anilines is 2. The zero-order chi connectivity index (χ0) is 13.8. The lowest BCUT2D eigenvalue weighted by molar-refractivity contribution is 0.112. The highest BCUT2D eigenvalue weighted by molar-refractivity contribution is 5.78. The van der Waals surface area contributed by atoms with Gasteiger partial charge in [0.1, 0.15) is 6.29 Å². The highest BCUT2D eigenvalue weighted by Crippen LogP contribution is 2.27. The van der Waals surface area contributed by atoms with Gasteiger partial charge in [-0.3, -0.25) is 4.79 Å². The summed E-state index contributed by atoms with van der Waals surface area (Å²) in [5.41, 5.74) is 5.43. The van der Waals surface area contributed by atoms with Crippen LogP contribution in [0, 0.1) is 6.92 Å². The molecule has 2 aromatic rings. The van der Waals surface area contributed by atoms with Crippen LogP contribution in [0.5, 0.6) is 0 Å². The number of aldehydes is 1. The Labute approximate surface area is 114 Å². The fourth-order valence-electron chi connectivity index (χ4n) is 2.22. The van der Waals surface area contributed by atoms with Gasteiger partial charge in [0.2, 0.25) is 0 Å². The molecule has 0 saturated carbocycles. The summed E-state index contributed by atoms with van der Waals surface area (Å²) in [6.45, 7) is 4.18. The topological polar surface area (TPSA) is 20.3 Å². The van der Waals surface area contributed by atoms with Crippen LogP contribution in [0.4, 0.5) is 11.4 Å². The number of nitrogens with zero attached hydrogens (tertiary/aromatic N) is 1. The van der Waals surface area contributed by atoms with E-state index < -0.39 is 0 Å². The maximum Gasteiger partial charge on any atom is 0.150 e. The molecule has 0 aliphatic carbocycles. The predicted molar refractivity (Wildman–Crippen MR) is 80.4 cm³/mol. The van der Waals surface area contributed by atoms with Crippen LogP contribution in [0.15, 0.2) is 42.5 Å². The van der Waals surface area contributed by atoms with Crippen molar-refractivity contribution in [2.75, 3.05) is 11.9 Å². The van der Waals surface area contributed by atoms with Gasteiger partial charge in [0.15, 0.2) is 0 Å². The van der Waals surface area contributed by atoms with E-state index in [0.29, 0.717) is 0 Å². The van der Waals surface area contributed by atoms with Gasteiger partial charge >= 0.3 is 0 Å². The maximum atomic E-state index is 10.8. The van der Waals surface area contributed by atoms with Crippen molar-refractivity contribution in [1.29, 1.82) is 0 Å². The van der Waals surface area contributed by atoms with Gasteiger partial charge < -0.3 is 4.90 Å². The fraction of sp³-hybridized carbons (Fsp3) is 0.235. The van der Waals surface area contributed by atoms with E-state index in [2.05, 4.69) is 36.1 Å². The molecule has 2 aromatic carbocycles. The van der Waals surface area contributed by atoms with E-state index in [0.717, 1.165) is 35.2 Å². The number of hydrogen-bond acceptors (Lipinski definition) is 2. The molecular formula is C17H19NO. The molecule has 0 aromatic heterocycles. The van der Waals surface area contributed by atoms with Gasteiger partial charge in [0.05, 0.1) is 0 Å². The molecule has 0 saturated heterocycles. The lowest BCUT2D eigenvalue weighted by Gasteiger charge is -2.22. The van der Waals surface area contributed by atoms with Gasteiger partial charge in [-0.15, -0.1) is 0 Å². The molecule has 0 bridgehead atoms. The summed E-state index contributed by atoms with van der Waals surface area (Å²) < 4.78 is 0. The SMILES string of the molecule is CCc1ccc(N(C)c2ccc(C=O)cc2C)cc1. The highest BCUT2D eigenvalue weighted by Gasteiger charge is 2.07. The number of hydrogen-bond donors (Lipinski definition) is 0. The second-order valence-electron chi connectivity index (χ2n) is 4.74. The third-order valence-electron chi connectivity index (χ3n) is 3.45. The molecule has 2 rings (SSSR count). The van der Waals surface area contributed by atoms with Gasteiger partial charge in [-0.2, -0.15) is 0 Å². The number of benzene rings is 2. The van der Waals surface area contributed by atoms with Crippen LogP contribution in [-0.4, -0.2) is 13.3 Å². The fourth-order valence-corrected chi connectivity index (χ4v) is 2.22. The Morgan fingerprint density at radius 3 is 2.32 bits per heavy atom. The molecular weight excluding hydrogens is 234 g/mol. The van der Waals surface area contributed by atoms with E-state index in [1.165, 1.54) is 5.56 Å². The summed E-state index contributed by atoms with van der Waals surface area (Å²) in [6.07, 6.45) is 1.93. The monoisotopic (exact) mass is 253 g/mol. The van der Waals surface area contributed by atoms with Crippen molar-refractivity contribution >= 4 is 17.7 Å². The van der Waals surface area contributed by atoms with Crippen LogP contribution in [0.3, 0.4) is 0 Å². The Bertz CT molecular complexity index is 572. The molecule has 0 spiro atoms. The van der Waals surface area contributed by atoms with E-state index in [-0.39, 0.29) is 0 Å². The first-order valence-electron chi connectivity index (χ1n) is 6.54. The minimum atomic E-state index is 0.719. The Hall–Kier alpha value is -2.09. The van der Waals surface area contributed by atoms with Crippen LogP contribution in [0.2, 0.25) is 0 Å². The molecule has 0 fully saturated rings. The van der Waals surface area contributed by atoms with Crippen LogP contribution >= 0.6 is 0 Å². The molecule has 0 aliphatic rings. The molecule has 2 heteroatoms. The van der Waals surface area contributed by atoms with Crippen molar-refractivity contribution < 1.29 is 4.79 Å². The van der Waals surface area contributed by atoms with E-state index in [4.69, 9.17) is 0 Å². The molecule has 0 N–H and O–H groups in total. The first kappa shape index (κ1) is 13.3. The van der Waals surface area contributed by atoms with E-state index in [1.54, 1.807) is 0 Å². The van der Waals surface area contributed by atoms with Crippen molar-refractivity contribution in [2.45, 2.75) is 20.3 Å². The third-order valence-corrected chi connectivity index (χ3v) is 3.45. The Balaban J connectivity index is 2.32. The van der Waals surface area contributed by atoms with Crippen molar-refractivity contribution in [1.82, 2.24) is 0 Å². The molecule has 0 amide bonds. The molecule has 0 radical (unpaired) electrons. The molecule has 0 atom stereocenters. The molecule has 19 heavy (non-hydrogen) atoms. The van der Waals surface area contributed by atoms with Crippen LogP contribution < -0.4 is 4.90 Å². The zero-order valence-electron chi connectivity index (χ0n) is 11.7. The summed E-state index contributed by atoms with van der Waals surface area (Å²) >= 11 is 0. The van der Waals surface area contributed by atoms with E-state index >= 15 is 0 Å². The van der Waals surface area contributed by atoms with Crippen LogP contribution in [0.25, 0.3) is 0 Å². The van der Waals surface area contributed by atoms with Gasteiger partial charge in [-0.1, -0.05) is 19.1 Å². The Kier molecular flexibility index (Phi) is 4.00. The van der Waals surface area contributed by atoms with Crippen molar-refractivity contribution in [3.05, 3.63) is 59.2 Å². The lowest BCUT2D eigenvalue weighted by Crippen LogP contribution is -2.11. The smallest absolute Gasteiger partial charge is 0.150 e. The first-order valence-corrected chi connectivity index (χ1v) is 6.54. The Morgan fingerprint density at radius 2 is 1.79 bits per heavy atom. The molecule has 0 heterocycles. The third kappa shape index (κ3) is 2.84. The number of rotatable bonds is 4. The summed E-state index contributed by atoms with van der Waals surface area (Å²) in [6, 6.07) is 14.3. The van der Waals surface area contributed by atoms with Crippen molar-refractivity contribution in [2.24, 2.45) is 0 Å². The normalized spacial score (nSPS) is 10.3. The number of carbonyl (C=O) groups excluding carboxylic acids is 1. The van der Waals surface area contributed by atoms with Gasteiger partial charge in [0.25, 0.3) is 0 Å². The minimum Gasteiger partial charge on any atom is -0.344 e. The van der Waals surface area contributed by atoms with Crippen LogP contribution in [-0.2, 0) is 6.42 Å². The first-order chi connectivity index (χ1) is 9.15. The van der Waals surface area contributed by atoms with Gasteiger partial charge in [-0.25, -0.2) is 0 Å². The van der Waals surface area contributed by atoms with E-state index in [1.807, 2.05) is 32.2 Å². The van der Waals surface area contributed by atoms with Gasteiger partial charge in [0, 0.05) is 24.0 Å².